The van der Waals surface area contributed by atoms with Gasteiger partial charge in [0.15, 0.2) is 0 Å². The molecule has 0 saturated heterocycles. The van der Waals surface area contributed by atoms with E-state index in [1.807, 2.05) is 22.6 Å². The fourth-order valence-corrected chi connectivity index (χ4v) is 3.43. The summed E-state index contributed by atoms with van der Waals surface area (Å²) in [6.45, 7) is 2.07. The lowest BCUT2D eigenvalue weighted by Crippen LogP contribution is -2.40. The molecule has 29 heavy (non-hydrogen) atoms. The maximum Gasteiger partial charge on any atom is 0.332 e. The summed E-state index contributed by atoms with van der Waals surface area (Å²) in [5, 5.41) is 2.86. The SMILES string of the molecule is CCn1c(=O)c(-c2ccccc2OC=O)c(Nc2ccc(I)cc2F)n(C)c1=O. The average Bonchev–Trinajstić information content (AvgIpc) is 2.69. The maximum absolute atomic E-state index is 14.4. The van der Waals surface area contributed by atoms with Crippen molar-refractivity contribution in [1.82, 2.24) is 9.13 Å². The predicted octanol–water partition coefficient (Wildman–Crippen LogP) is 3.26. The molecular formula is C20H17FIN3O4. The van der Waals surface area contributed by atoms with E-state index >= 15 is 0 Å². The standard InChI is InChI=1S/C20H17FIN3O4/c1-3-25-19(27)17(13-6-4-5-7-16(13)29-11-26)18(24(2)20(25)28)23-15-9-8-12(22)10-14(15)21/h4-11,23H,3H2,1-2H3. The highest BCUT2D eigenvalue weighted by Crippen LogP contribution is 2.33. The van der Waals surface area contributed by atoms with Gasteiger partial charge in [-0.15, -0.1) is 0 Å². The van der Waals surface area contributed by atoms with Crippen LogP contribution in [0.5, 0.6) is 5.75 Å². The summed E-state index contributed by atoms with van der Waals surface area (Å²) >= 11 is 1.98. The molecule has 0 aliphatic rings. The third kappa shape index (κ3) is 3.95. The van der Waals surface area contributed by atoms with Gasteiger partial charge in [0.1, 0.15) is 17.4 Å². The van der Waals surface area contributed by atoms with Gasteiger partial charge < -0.3 is 10.1 Å². The number of ether oxygens (including phenoxy) is 1. The molecule has 0 saturated carbocycles. The quantitative estimate of drug-likeness (QED) is 0.408. The molecule has 7 nitrogen and oxygen atoms in total. The van der Waals surface area contributed by atoms with Crippen molar-refractivity contribution >= 4 is 40.6 Å². The molecule has 0 radical (unpaired) electrons. The number of carbonyl (C=O) groups is 1. The molecule has 0 aliphatic carbocycles. The van der Waals surface area contributed by atoms with Gasteiger partial charge in [-0.05, 0) is 53.8 Å². The lowest BCUT2D eigenvalue weighted by molar-refractivity contribution is -0.120. The van der Waals surface area contributed by atoms with Crippen molar-refractivity contribution < 1.29 is 13.9 Å². The van der Waals surface area contributed by atoms with Crippen LogP contribution in [0.15, 0.2) is 52.1 Å². The minimum Gasteiger partial charge on any atom is -0.428 e. The zero-order valence-corrected chi connectivity index (χ0v) is 17.8. The summed E-state index contributed by atoms with van der Waals surface area (Å²) in [4.78, 5) is 36.7. The molecule has 3 rings (SSSR count). The topological polar surface area (TPSA) is 82.3 Å². The Morgan fingerprint density at radius 3 is 2.59 bits per heavy atom. The van der Waals surface area contributed by atoms with Gasteiger partial charge in [-0.3, -0.25) is 18.7 Å². The van der Waals surface area contributed by atoms with E-state index in [-0.39, 0.29) is 35.8 Å². The number of para-hydroxylation sites is 1. The Bertz CT molecular complexity index is 1200. The number of rotatable bonds is 6. The van der Waals surface area contributed by atoms with E-state index in [1.165, 1.54) is 29.8 Å². The van der Waals surface area contributed by atoms with Crippen LogP contribution in [0.4, 0.5) is 15.9 Å². The van der Waals surface area contributed by atoms with Gasteiger partial charge in [0, 0.05) is 22.7 Å². The largest absolute Gasteiger partial charge is 0.428 e. The second-order valence-electron chi connectivity index (χ2n) is 6.07. The summed E-state index contributed by atoms with van der Waals surface area (Å²) in [5.41, 5.74) is -0.640. The first-order valence-electron chi connectivity index (χ1n) is 8.64. The Labute approximate surface area is 178 Å². The number of nitrogens with one attached hydrogen (secondary N) is 1. The Balaban J connectivity index is 2.35. The summed E-state index contributed by atoms with van der Waals surface area (Å²) in [5.74, 6) is -0.300. The van der Waals surface area contributed by atoms with E-state index in [0.29, 0.717) is 9.13 Å². The fourth-order valence-electron chi connectivity index (χ4n) is 2.98. The molecule has 3 aromatic rings. The van der Waals surface area contributed by atoms with Crippen molar-refractivity contribution in [3.05, 3.63) is 72.7 Å². The van der Waals surface area contributed by atoms with Crippen LogP contribution in [-0.2, 0) is 18.4 Å². The normalized spacial score (nSPS) is 10.6. The average molecular weight is 509 g/mol. The zero-order chi connectivity index (χ0) is 21.1. The van der Waals surface area contributed by atoms with Crippen molar-refractivity contribution in [2.75, 3.05) is 5.32 Å². The van der Waals surface area contributed by atoms with Crippen LogP contribution in [-0.4, -0.2) is 15.6 Å². The summed E-state index contributed by atoms with van der Waals surface area (Å²) in [6, 6.07) is 11.0. The third-order valence-electron chi connectivity index (χ3n) is 4.38. The molecule has 0 bridgehead atoms. The van der Waals surface area contributed by atoms with Crippen LogP contribution in [0, 0.1) is 9.39 Å². The lowest BCUT2D eigenvalue weighted by Gasteiger charge is -2.19. The zero-order valence-electron chi connectivity index (χ0n) is 15.6. The van der Waals surface area contributed by atoms with E-state index in [1.54, 1.807) is 31.2 Å². The molecular weight excluding hydrogens is 492 g/mol. The molecule has 0 amide bonds. The fraction of sp³-hybridized carbons (Fsp3) is 0.150. The second kappa shape index (κ2) is 8.60. The number of hydrogen-bond acceptors (Lipinski definition) is 5. The highest BCUT2D eigenvalue weighted by atomic mass is 127. The molecule has 0 fully saturated rings. The monoisotopic (exact) mass is 509 g/mol. The van der Waals surface area contributed by atoms with Gasteiger partial charge in [0.2, 0.25) is 0 Å². The highest BCUT2D eigenvalue weighted by molar-refractivity contribution is 14.1. The van der Waals surface area contributed by atoms with Gasteiger partial charge in [0.05, 0.1) is 11.3 Å². The molecule has 1 heterocycles. The van der Waals surface area contributed by atoms with E-state index in [4.69, 9.17) is 4.74 Å². The summed E-state index contributed by atoms with van der Waals surface area (Å²) in [7, 11) is 1.48. The van der Waals surface area contributed by atoms with Gasteiger partial charge in [-0.25, -0.2) is 9.18 Å². The minimum absolute atomic E-state index is 0.0874. The number of aromatic nitrogens is 2. The van der Waals surface area contributed by atoms with Gasteiger partial charge in [-0.2, -0.15) is 0 Å². The van der Waals surface area contributed by atoms with E-state index in [0.717, 1.165) is 4.57 Å². The van der Waals surface area contributed by atoms with Crippen LogP contribution in [0.25, 0.3) is 11.1 Å². The molecule has 150 valence electrons. The number of halogens is 2. The van der Waals surface area contributed by atoms with Crippen LogP contribution >= 0.6 is 22.6 Å². The third-order valence-corrected chi connectivity index (χ3v) is 5.05. The molecule has 1 aromatic heterocycles. The number of hydrogen-bond donors (Lipinski definition) is 1. The van der Waals surface area contributed by atoms with Gasteiger partial charge in [-0.1, -0.05) is 18.2 Å². The summed E-state index contributed by atoms with van der Waals surface area (Å²) in [6.07, 6.45) is 0. The van der Waals surface area contributed by atoms with Crippen molar-refractivity contribution in [1.29, 1.82) is 0 Å². The number of benzene rings is 2. The van der Waals surface area contributed by atoms with Crippen LogP contribution in [0.3, 0.4) is 0 Å². The van der Waals surface area contributed by atoms with Gasteiger partial charge in [0.25, 0.3) is 12.0 Å². The summed E-state index contributed by atoms with van der Waals surface area (Å²) < 4.78 is 22.4. The molecule has 0 aliphatic heterocycles. The predicted molar refractivity (Wildman–Crippen MR) is 116 cm³/mol. The molecule has 0 spiro atoms. The Morgan fingerprint density at radius 1 is 1.21 bits per heavy atom. The van der Waals surface area contributed by atoms with Gasteiger partial charge >= 0.3 is 5.69 Å². The second-order valence-corrected chi connectivity index (χ2v) is 7.32. The first-order chi connectivity index (χ1) is 13.9. The van der Waals surface area contributed by atoms with E-state index in [2.05, 4.69) is 5.32 Å². The Hall–Kier alpha value is -2.95. The van der Waals surface area contributed by atoms with E-state index < -0.39 is 17.1 Å². The molecule has 2 aromatic carbocycles. The molecule has 0 unspecified atom stereocenters. The van der Waals surface area contributed by atoms with Crippen molar-refractivity contribution in [3.8, 4) is 16.9 Å². The van der Waals surface area contributed by atoms with Crippen molar-refractivity contribution in [2.24, 2.45) is 7.05 Å². The van der Waals surface area contributed by atoms with Crippen LogP contribution in [0.2, 0.25) is 0 Å². The van der Waals surface area contributed by atoms with E-state index in [9.17, 15) is 18.8 Å². The smallest absolute Gasteiger partial charge is 0.332 e. The van der Waals surface area contributed by atoms with Crippen LogP contribution < -0.4 is 21.3 Å². The van der Waals surface area contributed by atoms with Crippen molar-refractivity contribution in [3.63, 3.8) is 0 Å². The molecule has 1 N–H and O–H groups in total. The van der Waals surface area contributed by atoms with Crippen LogP contribution in [0.1, 0.15) is 6.92 Å². The number of anilines is 2. The molecule has 9 heteroatoms. The highest BCUT2D eigenvalue weighted by Gasteiger charge is 2.22. The first kappa shape index (κ1) is 20.8. The Kier molecular flexibility index (Phi) is 6.16. The number of carbonyl (C=O) groups excluding carboxylic acids is 1. The Morgan fingerprint density at radius 2 is 1.93 bits per heavy atom. The minimum atomic E-state index is -0.578. The maximum atomic E-state index is 14.4. The first-order valence-corrected chi connectivity index (χ1v) is 9.72. The molecule has 0 atom stereocenters. The van der Waals surface area contributed by atoms with Crippen molar-refractivity contribution in [2.45, 2.75) is 13.5 Å². The number of nitrogens with zero attached hydrogens (tertiary/aromatic N) is 2. The lowest BCUT2D eigenvalue weighted by atomic mass is 10.1.